The fourth-order valence-electron chi connectivity index (χ4n) is 3.67. The molecule has 0 aliphatic carbocycles. The molecule has 0 bridgehead atoms. The summed E-state index contributed by atoms with van der Waals surface area (Å²) in [6, 6.07) is 21.5. The Balaban J connectivity index is 0.00000441. The number of para-hydroxylation sites is 2. The largest absolute Gasteiger partial charge is 1.00 e. The zero-order valence-corrected chi connectivity index (χ0v) is 25.6. The van der Waals surface area contributed by atoms with E-state index in [4.69, 9.17) is 18.1 Å². The van der Waals surface area contributed by atoms with Crippen molar-refractivity contribution in [2.24, 2.45) is 0 Å². The number of ether oxygens (including phenoxy) is 2. The topological polar surface area (TPSA) is 131 Å². The minimum absolute atomic E-state index is 0. The predicted octanol–water partition coefficient (Wildman–Crippen LogP) is 0.553. The van der Waals surface area contributed by atoms with Gasteiger partial charge < -0.3 is 32.9 Å². The first-order valence-electron chi connectivity index (χ1n) is 12.2. The van der Waals surface area contributed by atoms with Crippen LogP contribution < -0.4 is 53.2 Å². The van der Waals surface area contributed by atoms with Gasteiger partial charge in [0, 0.05) is 13.1 Å². The summed E-state index contributed by atoms with van der Waals surface area (Å²) in [5.74, 6) is -0.0808. The average molecular weight is 577 g/mol. The number of rotatable bonds is 13. The Labute approximate surface area is 255 Å². The number of carboxylic acid groups (broad SMARTS) is 1. The minimum atomic E-state index is -3.59. The molecule has 1 heterocycles. The monoisotopic (exact) mass is 576 g/mol. The molecule has 0 fully saturated rings. The molecule has 0 aliphatic rings. The van der Waals surface area contributed by atoms with Crippen LogP contribution in [0.5, 0.6) is 17.2 Å². The standard InChI is InChI=1S/C28H30N2O8S.Na/c1-28(2,26(31)32)37-22-11-9-20(10-12-22)19-30(27-29-24-7-4-5-8-25(24)36-27)17-6-18-35-21-13-15-23(16-14-21)38-39(3,33)34;/h4-5,7-16H,6,17-19H2,1-3H3,(H,31,32);/q;+1/p-1. The van der Waals surface area contributed by atoms with Gasteiger partial charge in [-0.05, 0) is 74.4 Å². The van der Waals surface area contributed by atoms with Crippen molar-refractivity contribution < 1.29 is 66.0 Å². The Hall–Kier alpha value is -3.25. The van der Waals surface area contributed by atoms with E-state index in [1.807, 2.05) is 41.3 Å². The van der Waals surface area contributed by atoms with Crippen LogP contribution in [0.2, 0.25) is 0 Å². The van der Waals surface area contributed by atoms with E-state index in [0.29, 0.717) is 49.2 Å². The second-order valence-electron chi connectivity index (χ2n) is 9.39. The van der Waals surface area contributed by atoms with Crippen LogP contribution in [0.15, 0.2) is 77.2 Å². The van der Waals surface area contributed by atoms with Gasteiger partial charge in [-0.3, -0.25) is 0 Å². The summed E-state index contributed by atoms with van der Waals surface area (Å²) in [6.45, 7) is 4.32. The Morgan fingerprint density at radius 2 is 1.60 bits per heavy atom. The first-order valence-corrected chi connectivity index (χ1v) is 14.0. The number of carbonyl (C=O) groups excluding carboxylic acids is 1. The molecule has 1 aromatic heterocycles. The summed E-state index contributed by atoms with van der Waals surface area (Å²) < 4.78 is 44.7. The molecule has 0 spiro atoms. The first kappa shape index (κ1) is 31.3. The molecule has 0 aliphatic heterocycles. The molecule has 0 N–H and O–H groups in total. The van der Waals surface area contributed by atoms with Crippen LogP contribution in [0.25, 0.3) is 11.1 Å². The maximum absolute atomic E-state index is 11.3. The minimum Gasteiger partial charge on any atom is -0.546 e. The van der Waals surface area contributed by atoms with E-state index in [1.165, 1.54) is 26.0 Å². The molecule has 0 saturated heterocycles. The number of aliphatic carboxylic acids is 1. The van der Waals surface area contributed by atoms with E-state index in [9.17, 15) is 18.3 Å². The van der Waals surface area contributed by atoms with E-state index in [1.54, 1.807) is 24.3 Å². The summed E-state index contributed by atoms with van der Waals surface area (Å²) in [4.78, 5) is 17.9. The number of anilines is 1. The summed E-state index contributed by atoms with van der Waals surface area (Å²) >= 11 is 0. The number of benzene rings is 3. The van der Waals surface area contributed by atoms with E-state index in [2.05, 4.69) is 4.98 Å². The summed E-state index contributed by atoms with van der Waals surface area (Å²) in [5, 5.41) is 11.3. The molecular formula is C28H29N2NaO8S. The summed E-state index contributed by atoms with van der Waals surface area (Å²) in [7, 11) is -3.59. The Kier molecular flexibility index (Phi) is 10.5. The zero-order valence-electron chi connectivity index (χ0n) is 22.8. The number of hydrogen-bond acceptors (Lipinski definition) is 10. The number of carbonyl (C=O) groups is 1. The van der Waals surface area contributed by atoms with Gasteiger partial charge in [0.15, 0.2) is 5.58 Å². The van der Waals surface area contributed by atoms with Crippen LogP contribution in [0.1, 0.15) is 25.8 Å². The van der Waals surface area contributed by atoms with Crippen LogP contribution >= 0.6 is 0 Å². The quantitative estimate of drug-likeness (QED) is 0.126. The predicted molar refractivity (Wildman–Crippen MR) is 143 cm³/mol. The SMILES string of the molecule is CC(C)(Oc1ccc(CN(CCCOc2ccc(OS(C)(=O)=O)cc2)c2nc3ccccc3o2)cc1)C(=O)[O-].[Na+]. The van der Waals surface area contributed by atoms with Crippen molar-refractivity contribution in [1.29, 1.82) is 0 Å². The molecule has 12 heteroatoms. The van der Waals surface area contributed by atoms with Crippen LogP contribution in [0.3, 0.4) is 0 Å². The first-order chi connectivity index (χ1) is 18.5. The van der Waals surface area contributed by atoms with Gasteiger partial charge in [-0.25, -0.2) is 0 Å². The molecule has 40 heavy (non-hydrogen) atoms. The normalized spacial score (nSPS) is 11.5. The van der Waals surface area contributed by atoms with Crippen LogP contribution in [-0.4, -0.2) is 44.4 Å². The van der Waals surface area contributed by atoms with Gasteiger partial charge in [0.05, 0.1) is 18.8 Å². The van der Waals surface area contributed by atoms with Crippen molar-refractivity contribution >= 4 is 33.2 Å². The van der Waals surface area contributed by atoms with Crippen molar-refractivity contribution in [2.45, 2.75) is 32.4 Å². The summed E-state index contributed by atoms with van der Waals surface area (Å²) in [5.41, 5.74) is 0.919. The number of carboxylic acids is 1. The van der Waals surface area contributed by atoms with E-state index >= 15 is 0 Å². The maximum Gasteiger partial charge on any atom is 1.00 e. The van der Waals surface area contributed by atoms with Crippen LogP contribution in [0, 0.1) is 0 Å². The van der Waals surface area contributed by atoms with E-state index < -0.39 is 21.7 Å². The third-order valence-electron chi connectivity index (χ3n) is 5.63. The van der Waals surface area contributed by atoms with Gasteiger partial charge in [-0.15, -0.1) is 0 Å². The van der Waals surface area contributed by atoms with Crippen molar-refractivity contribution in [2.75, 3.05) is 24.3 Å². The van der Waals surface area contributed by atoms with Crippen molar-refractivity contribution in [1.82, 2.24) is 4.98 Å². The van der Waals surface area contributed by atoms with Gasteiger partial charge >= 0.3 is 39.7 Å². The Morgan fingerprint density at radius 1 is 0.975 bits per heavy atom. The van der Waals surface area contributed by atoms with Gasteiger partial charge in [0.25, 0.3) is 6.01 Å². The maximum atomic E-state index is 11.3. The fraction of sp³-hybridized carbons (Fsp3) is 0.286. The molecular weight excluding hydrogens is 547 g/mol. The van der Waals surface area contributed by atoms with Gasteiger partial charge in [-0.1, -0.05) is 24.3 Å². The second kappa shape index (κ2) is 13.4. The molecule has 4 rings (SSSR count). The number of hydrogen-bond donors (Lipinski definition) is 0. The number of nitrogens with zero attached hydrogens (tertiary/aromatic N) is 2. The van der Waals surface area contributed by atoms with E-state index in [0.717, 1.165) is 17.3 Å². The zero-order chi connectivity index (χ0) is 28.0. The molecule has 10 nitrogen and oxygen atoms in total. The Morgan fingerprint density at radius 3 is 2.23 bits per heavy atom. The smallest absolute Gasteiger partial charge is 0.546 e. The van der Waals surface area contributed by atoms with Crippen molar-refractivity contribution in [3.8, 4) is 17.2 Å². The van der Waals surface area contributed by atoms with Crippen molar-refractivity contribution in [3.05, 3.63) is 78.4 Å². The fourth-order valence-corrected chi connectivity index (χ4v) is 4.13. The second-order valence-corrected chi connectivity index (χ2v) is 11.0. The third kappa shape index (κ3) is 8.88. The number of fused-ring (bicyclic) bond motifs is 1. The van der Waals surface area contributed by atoms with Gasteiger partial charge in [0.1, 0.15) is 28.4 Å². The molecule has 0 amide bonds. The van der Waals surface area contributed by atoms with Gasteiger partial charge in [0.2, 0.25) is 0 Å². The Bertz CT molecular complexity index is 1490. The summed E-state index contributed by atoms with van der Waals surface area (Å²) in [6.07, 6.45) is 1.63. The molecule has 4 aromatic rings. The van der Waals surface area contributed by atoms with Crippen LogP contribution in [0.4, 0.5) is 6.01 Å². The molecule has 0 atom stereocenters. The number of oxazole rings is 1. The van der Waals surface area contributed by atoms with E-state index in [-0.39, 0.29) is 35.3 Å². The molecule has 0 radical (unpaired) electrons. The number of aromatic nitrogens is 1. The molecule has 206 valence electrons. The van der Waals surface area contributed by atoms with Crippen molar-refractivity contribution in [3.63, 3.8) is 0 Å². The molecule has 0 saturated carbocycles. The third-order valence-corrected chi connectivity index (χ3v) is 6.12. The average Bonchev–Trinajstić information content (AvgIpc) is 3.31. The molecule has 3 aromatic carbocycles. The van der Waals surface area contributed by atoms with Gasteiger partial charge in [-0.2, -0.15) is 13.4 Å². The van der Waals surface area contributed by atoms with Crippen LogP contribution in [-0.2, 0) is 21.5 Å². The molecule has 0 unspecified atom stereocenters.